The lowest BCUT2D eigenvalue weighted by Crippen LogP contribution is -2.40. The van der Waals surface area contributed by atoms with Crippen LogP contribution in [0.3, 0.4) is 0 Å². The van der Waals surface area contributed by atoms with Gasteiger partial charge in [0.15, 0.2) is 0 Å². The molecule has 0 bridgehead atoms. The number of para-hydroxylation sites is 1. The summed E-state index contributed by atoms with van der Waals surface area (Å²) in [5.74, 6) is 0.240. The van der Waals surface area contributed by atoms with Crippen LogP contribution in [0.5, 0.6) is 0 Å². The molecule has 1 atom stereocenters. The molecule has 25 heavy (non-hydrogen) atoms. The van der Waals surface area contributed by atoms with Gasteiger partial charge in [-0.3, -0.25) is 9.69 Å². The van der Waals surface area contributed by atoms with Crippen molar-refractivity contribution in [2.75, 3.05) is 18.4 Å². The largest absolute Gasteiger partial charge is 0.326 e. The van der Waals surface area contributed by atoms with Crippen molar-refractivity contribution in [2.24, 2.45) is 5.92 Å². The maximum absolute atomic E-state index is 12.5. The first kappa shape index (κ1) is 18.0. The number of piperidine rings is 1. The fourth-order valence-electron chi connectivity index (χ4n) is 3.63. The van der Waals surface area contributed by atoms with Crippen molar-refractivity contribution in [3.05, 3.63) is 65.2 Å². The van der Waals surface area contributed by atoms with E-state index in [1.807, 2.05) is 42.5 Å². The second-order valence-corrected chi connectivity index (χ2v) is 7.08. The normalized spacial score (nSPS) is 17.2. The maximum atomic E-state index is 12.5. The summed E-state index contributed by atoms with van der Waals surface area (Å²) in [6, 6.07) is 18.2. The zero-order valence-electron chi connectivity index (χ0n) is 14.6. The molecule has 1 fully saturated rings. The predicted octanol–water partition coefficient (Wildman–Crippen LogP) is 5.14. The second-order valence-electron chi connectivity index (χ2n) is 6.64. The Hall–Kier alpha value is -1.84. The van der Waals surface area contributed by atoms with Gasteiger partial charge in [0.25, 0.3) is 0 Å². The van der Waals surface area contributed by atoms with Crippen LogP contribution in [0.1, 0.15) is 37.8 Å². The van der Waals surface area contributed by atoms with Crippen molar-refractivity contribution in [1.82, 2.24) is 4.90 Å². The first-order chi connectivity index (χ1) is 12.2. The molecule has 3 rings (SSSR count). The Morgan fingerprint density at radius 1 is 1.12 bits per heavy atom. The summed E-state index contributed by atoms with van der Waals surface area (Å²) in [4.78, 5) is 15.0. The molecule has 1 saturated heterocycles. The number of nitrogens with one attached hydrogen (secondary N) is 1. The molecule has 0 unspecified atom stereocenters. The average Bonchev–Trinajstić information content (AvgIpc) is 2.65. The van der Waals surface area contributed by atoms with Gasteiger partial charge >= 0.3 is 0 Å². The molecule has 0 saturated carbocycles. The number of hydrogen-bond acceptors (Lipinski definition) is 2. The minimum Gasteiger partial charge on any atom is -0.326 e. The van der Waals surface area contributed by atoms with E-state index in [0.29, 0.717) is 6.04 Å². The molecule has 1 aliphatic heterocycles. The van der Waals surface area contributed by atoms with Gasteiger partial charge in [-0.05, 0) is 62.2 Å². The van der Waals surface area contributed by atoms with E-state index in [1.165, 1.54) is 5.56 Å². The number of nitrogens with zero attached hydrogens (tertiary/aromatic N) is 1. The van der Waals surface area contributed by atoms with E-state index < -0.39 is 0 Å². The van der Waals surface area contributed by atoms with Crippen LogP contribution in [0, 0.1) is 5.92 Å². The molecule has 0 aromatic heterocycles. The van der Waals surface area contributed by atoms with Crippen LogP contribution in [-0.4, -0.2) is 23.9 Å². The first-order valence-corrected chi connectivity index (χ1v) is 9.40. The van der Waals surface area contributed by atoms with Crippen molar-refractivity contribution in [3.63, 3.8) is 0 Å². The third-order valence-corrected chi connectivity index (χ3v) is 5.28. The van der Waals surface area contributed by atoms with Gasteiger partial charge in [-0.15, -0.1) is 0 Å². The average molecular weight is 357 g/mol. The Morgan fingerprint density at radius 2 is 1.76 bits per heavy atom. The lowest BCUT2D eigenvalue weighted by Gasteiger charge is -2.37. The van der Waals surface area contributed by atoms with Gasteiger partial charge in [-0.25, -0.2) is 0 Å². The molecule has 2 aromatic carbocycles. The van der Waals surface area contributed by atoms with E-state index in [1.54, 1.807) is 0 Å². The summed E-state index contributed by atoms with van der Waals surface area (Å²) in [5, 5.41) is 3.81. The van der Waals surface area contributed by atoms with E-state index in [2.05, 4.69) is 29.3 Å². The van der Waals surface area contributed by atoms with Crippen LogP contribution in [0.25, 0.3) is 0 Å². The maximum Gasteiger partial charge on any atom is 0.227 e. The Bertz CT molecular complexity index is 679. The van der Waals surface area contributed by atoms with Gasteiger partial charge in [-0.2, -0.15) is 0 Å². The molecular weight excluding hydrogens is 332 g/mol. The molecule has 4 heteroatoms. The lowest BCUT2D eigenvalue weighted by molar-refractivity contribution is -0.121. The van der Waals surface area contributed by atoms with Crippen molar-refractivity contribution >= 4 is 23.2 Å². The van der Waals surface area contributed by atoms with Crippen LogP contribution >= 0.6 is 11.6 Å². The number of benzene rings is 2. The number of carbonyl (C=O) groups is 1. The Labute approximate surface area is 155 Å². The molecule has 0 spiro atoms. The van der Waals surface area contributed by atoms with E-state index in [9.17, 15) is 4.79 Å². The molecule has 1 aliphatic rings. The number of likely N-dealkylation sites (tertiary alicyclic amines) is 1. The van der Waals surface area contributed by atoms with Gasteiger partial charge in [0, 0.05) is 22.7 Å². The topological polar surface area (TPSA) is 32.3 Å². The van der Waals surface area contributed by atoms with Gasteiger partial charge < -0.3 is 5.32 Å². The Kier molecular flexibility index (Phi) is 6.11. The minimum absolute atomic E-state index is 0.0965. The third-order valence-electron chi connectivity index (χ3n) is 5.02. The van der Waals surface area contributed by atoms with E-state index >= 15 is 0 Å². The predicted molar refractivity (Wildman–Crippen MR) is 104 cm³/mol. The summed E-state index contributed by atoms with van der Waals surface area (Å²) in [7, 11) is 0. The highest BCUT2D eigenvalue weighted by atomic mass is 35.5. The molecule has 1 heterocycles. The van der Waals surface area contributed by atoms with Crippen LogP contribution in [0.2, 0.25) is 5.02 Å². The fraction of sp³-hybridized carbons (Fsp3) is 0.381. The minimum atomic E-state index is 0.0965. The molecule has 1 N–H and O–H groups in total. The van der Waals surface area contributed by atoms with Crippen LogP contribution in [0.4, 0.5) is 5.69 Å². The van der Waals surface area contributed by atoms with Gasteiger partial charge in [0.1, 0.15) is 0 Å². The summed E-state index contributed by atoms with van der Waals surface area (Å²) in [6.45, 7) is 4.12. The first-order valence-electron chi connectivity index (χ1n) is 9.03. The number of halogens is 1. The SMILES string of the molecule is CC[C@@H](c1ccc(Cl)cc1)N1CCC(C(=O)Nc2ccccc2)CC1. The molecule has 0 radical (unpaired) electrons. The molecule has 3 nitrogen and oxygen atoms in total. The number of rotatable bonds is 5. The van der Waals surface area contributed by atoms with Gasteiger partial charge in [-0.1, -0.05) is 48.9 Å². The summed E-state index contributed by atoms with van der Waals surface area (Å²) in [6.07, 6.45) is 2.87. The smallest absolute Gasteiger partial charge is 0.227 e. The number of carbonyl (C=O) groups excluding carboxylic acids is 1. The fourth-order valence-corrected chi connectivity index (χ4v) is 3.75. The second kappa shape index (κ2) is 8.50. The Balaban J connectivity index is 1.57. The van der Waals surface area contributed by atoms with E-state index in [-0.39, 0.29) is 11.8 Å². The highest BCUT2D eigenvalue weighted by Gasteiger charge is 2.28. The molecule has 132 valence electrons. The summed E-state index contributed by atoms with van der Waals surface area (Å²) >= 11 is 6.01. The van der Waals surface area contributed by atoms with Crippen LogP contribution in [0.15, 0.2) is 54.6 Å². The molecule has 1 amide bonds. The van der Waals surface area contributed by atoms with Gasteiger partial charge in [0.2, 0.25) is 5.91 Å². The van der Waals surface area contributed by atoms with Gasteiger partial charge in [0.05, 0.1) is 0 Å². The van der Waals surface area contributed by atoms with E-state index in [4.69, 9.17) is 11.6 Å². The molecular formula is C21H25ClN2O. The standard InChI is InChI=1S/C21H25ClN2O/c1-2-20(16-8-10-18(22)11-9-16)24-14-12-17(13-15-24)21(25)23-19-6-4-3-5-7-19/h3-11,17,20H,2,12-15H2,1H3,(H,23,25)/t20-/m0/s1. The van der Waals surface area contributed by atoms with Crippen molar-refractivity contribution in [2.45, 2.75) is 32.2 Å². The summed E-state index contributed by atoms with van der Waals surface area (Å²) < 4.78 is 0. The number of amides is 1. The quantitative estimate of drug-likeness (QED) is 0.804. The van der Waals surface area contributed by atoms with Crippen molar-refractivity contribution < 1.29 is 4.79 Å². The number of hydrogen-bond donors (Lipinski definition) is 1. The van der Waals surface area contributed by atoms with Crippen molar-refractivity contribution in [3.8, 4) is 0 Å². The molecule has 0 aliphatic carbocycles. The Morgan fingerprint density at radius 3 is 2.36 bits per heavy atom. The number of anilines is 1. The highest BCUT2D eigenvalue weighted by molar-refractivity contribution is 6.30. The monoisotopic (exact) mass is 356 g/mol. The van der Waals surface area contributed by atoms with E-state index in [0.717, 1.165) is 43.1 Å². The zero-order chi connectivity index (χ0) is 17.6. The lowest BCUT2D eigenvalue weighted by atomic mass is 9.92. The summed E-state index contributed by atoms with van der Waals surface area (Å²) in [5.41, 5.74) is 2.18. The van der Waals surface area contributed by atoms with Crippen LogP contribution < -0.4 is 5.32 Å². The van der Waals surface area contributed by atoms with Crippen molar-refractivity contribution in [1.29, 1.82) is 0 Å². The highest BCUT2D eigenvalue weighted by Crippen LogP contribution is 2.30. The van der Waals surface area contributed by atoms with Crippen LogP contribution in [-0.2, 0) is 4.79 Å². The molecule has 2 aromatic rings. The third kappa shape index (κ3) is 4.62. The zero-order valence-corrected chi connectivity index (χ0v) is 15.4.